The number of urea groups is 1. The lowest BCUT2D eigenvalue weighted by Crippen LogP contribution is -2.63. The smallest absolute Gasteiger partial charge is 0.315 e. The van der Waals surface area contributed by atoms with Crippen molar-refractivity contribution in [1.82, 2.24) is 26.2 Å². The Hall–Kier alpha value is -2.69. The fraction of sp³-hybridized carbons (Fsp3) is 0.784. The molecule has 1 heterocycles. The lowest BCUT2D eigenvalue weighted by Gasteiger charge is -2.41. The lowest BCUT2D eigenvalue weighted by molar-refractivity contribution is -0.145. The van der Waals surface area contributed by atoms with Gasteiger partial charge in [-0.1, -0.05) is 84.6 Å². The van der Waals surface area contributed by atoms with Gasteiger partial charge in [-0.3, -0.25) is 19.2 Å². The summed E-state index contributed by atoms with van der Waals surface area (Å²) < 4.78 is 0. The minimum atomic E-state index is -0.957. The van der Waals surface area contributed by atoms with Crippen molar-refractivity contribution < 1.29 is 24.0 Å². The SMILES string of the molecule is C=CCCNC(=O)C(=O)C(CC1CCC1)NC(=O)[C@@H]1C2C(CN1C(=O)[C@@H](NC(=O)NC1(C/S(C)=C/C)CCCCC1)C(C)(C)C)C2(C)C. The third-order valence-corrected chi connectivity index (χ3v) is 13.3. The molecule has 4 rings (SSSR count). The average molecular weight is 688 g/mol. The van der Waals surface area contributed by atoms with Crippen molar-refractivity contribution in [3.63, 3.8) is 0 Å². The Bertz CT molecular complexity index is 1280. The fourth-order valence-corrected chi connectivity index (χ4v) is 9.57. The van der Waals surface area contributed by atoms with Gasteiger partial charge in [0.1, 0.15) is 12.1 Å². The topological polar surface area (TPSA) is 137 Å². The number of hydrogen-bond acceptors (Lipinski definition) is 5. The normalized spacial score (nSPS) is 26.2. The quantitative estimate of drug-likeness (QED) is 0.0920. The van der Waals surface area contributed by atoms with Gasteiger partial charge in [-0.2, -0.15) is 10.5 Å². The first-order valence-corrected chi connectivity index (χ1v) is 19.9. The van der Waals surface area contributed by atoms with E-state index in [1.807, 2.05) is 20.8 Å². The van der Waals surface area contributed by atoms with E-state index >= 15 is 0 Å². The predicted octanol–water partition coefficient (Wildman–Crippen LogP) is 4.54. The first-order valence-electron chi connectivity index (χ1n) is 18.1. The van der Waals surface area contributed by atoms with Crippen LogP contribution >= 0.6 is 10.5 Å². The molecular weight excluding hydrogens is 627 g/mol. The van der Waals surface area contributed by atoms with E-state index in [1.165, 1.54) is 0 Å². The van der Waals surface area contributed by atoms with E-state index in [0.29, 0.717) is 25.9 Å². The number of Topliss-reactive ketones (excluding diaryl/α,β-unsaturated/α-hetero) is 1. The number of piperidine rings is 1. The molecule has 48 heavy (non-hydrogen) atoms. The molecule has 4 aliphatic rings. The highest BCUT2D eigenvalue weighted by molar-refractivity contribution is 8.14. The second-order valence-corrected chi connectivity index (χ2v) is 18.6. The maximum atomic E-state index is 14.5. The molecule has 1 aliphatic heterocycles. The summed E-state index contributed by atoms with van der Waals surface area (Å²) in [5.74, 6) is -0.850. The second-order valence-electron chi connectivity index (χ2n) is 16.5. The third-order valence-electron chi connectivity index (χ3n) is 11.5. The van der Waals surface area contributed by atoms with Crippen molar-refractivity contribution in [1.29, 1.82) is 0 Å². The van der Waals surface area contributed by atoms with E-state index in [0.717, 1.165) is 57.1 Å². The first-order chi connectivity index (χ1) is 22.5. The molecule has 0 bridgehead atoms. The Morgan fingerprint density at radius 3 is 2.25 bits per heavy atom. The molecule has 4 N–H and O–H groups in total. The number of nitrogens with one attached hydrogen (secondary N) is 4. The van der Waals surface area contributed by atoms with Gasteiger partial charge in [-0.05, 0) is 67.4 Å². The molecule has 10 nitrogen and oxygen atoms in total. The molecule has 1 saturated heterocycles. The van der Waals surface area contributed by atoms with Crippen LogP contribution in [0.4, 0.5) is 4.79 Å². The minimum absolute atomic E-state index is 0.0573. The zero-order valence-electron chi connectivity index (χ0n) is 30.4. The molecule has 270 valence electrons. The maximum absolute atomic E-state index is 14.5. The van der Waals surface area contributed by atoms with E-state index < -0.39 is 41.1 Å². The molecule has 5 amide bonds. The Morgan fingerprint density at radius 2 is 1.69 bits per heavy atom. The number of likely N-dealkylation sites (tertiary alicyclic amines) is 1. The fourth-order valence-electron chi connectivity index (χ4n) is 8.17. The third kappa shape index (κ3) is 8.72. The number of hydrogen-bond donors (Lipinski definition) is 4. The Morgan fingerprint density at radius 1 is 1.02 bits per heavy atom. The Balaban J connectivity index is 1.53. The molecule has 0 aromatic heterocycles. The number of rotatable bonds is 14. The van der Waals surface area contributed by atoms with Crippen LogP contribution in [0.5, 0.6) is 0 Å². The molecule has 3 saturated carbocycles. The highest BCUT2D eigenvalue weighted by Crippen LogP contribution is 2.65. The van der Waals surface area contributed by atoms with Gasteiger partial charge < -0.3 is 26.2 Å². The van der Waals surface area contributed by atoms with Crippen LogP contribution in [0.25, 0.3) is 0 Å². The van der Waals surface area contributed by atoms with E-state index in [1.54, 1.807) is 11.0 Å². The first kappa shape index (κ1) is 38.1. The number of fused-ring (bicyclic) bond motifs is 1. The molecule has 0 spiro atoms. The van der Waals surface area contributed by atoms with Crippen molar-refractivity contribution in [3.05, 3.63) is 12.7 Å². The maximum Gasteiger partial charge on any atom is 0.315 e. The average Bonchev–Trinajstić information content (AvgIpc) is 3.31. The molecule has 0 aromatic carbocycles. The zero-order valence-corrected chi connectivity index (χ0v) is 31.2. The van der Waals surface area contributed by atoms with Crippen LogP contribution in [0, 0.1) is 28.6 Å². The summed E-state index contributed by atoms with van der Waals surface area (Å²) in [6.45, 7) is 16.4. The monoisotopic (exact) mass is 687 g/mol. The molecule has 3 aliphatic carbocycles. The number of amides is 5. The van der Waals surface area contributed by atoms with Crippen molar-refractivity contribution in [2.75, 3.05) is 25.1 Å². The van der Waals surface area contributed by atoms with Crippen LogP contribution < -0.4 is 21.3 Å². The minimum Gasteiger partial charge on any atom is -0.349 e. The van der Waals surface area contributed by atoms with Gasteiger partial charge in [0.2, 0.25) is 17.6 Å². The van der Waals surface area contributed by atoms with Crippen LogP contribution in [-0.4, -0.2) is 88.6 Å². The van der Waals surface area contributed by atoms with E-state index in [4.69, 9.17) is 0 Å². The van der Waals surface area contributed by atoms with E-state index in [2.05, 4.69) is 60.2 Å². The lowest BCUT2D eigenvalue weighted by atomic mass is 9.80. The van der Waals surface area contributed by atoms with Gasteiger partial charge in [0.15, 0.2) is 0 Å². The molecule has 6 atom stereocenters. The number of carbonyl (C=O) groups excluding carboxylic acids is 5. The van der Waals surface area contributed by atoms with Gasteiger partial charge in [0.05, 0.1) is 11.6 Å². The Kier molecular flexibility index (Phi) is 12.3. The van der Waals surface area contributed by atoms with E-state index in [9.17, 15) is 24.0 Å². The molecule has 0 aromatic rings. The van der Waals surface area contributed by atoms with Crippen molar-refractivity contribution in [2.45, 2.75) is 129 Å². The number of nitrogens with zero attached hydrogens (tertiary/aromatic N) is 1. The molecule has 11 heteroatoms. The molecule has 0 radical (unpaired) electrons. The highest BCUT2D eigenvalue weighted by atomic mass is 32.2. The van der Waals surface area contributed by atoms with Crippen molar-refractivity contribution >= 4 is 45.4 Å². The highest BCUT2D eigenvalue weighted by Gasteiger charge is 2.70. The van der Waals surface area contributed by atoms with Gasteiger partial charge in [-0.25, -0.2) is 4.79 Å². The summed E-state index contributed by atoms with van der Waals surface area (Å²) in [7, 11) is 0.0573. The van der Waals surface area contributed by atoms with Crippen LogP contribution in [0.1, 0.15) is 106 Å². The standard InChI is InChI=1S/C37H61N5O5S/c1-9-11-20-38-32(45)29(43)26(21-24-16-15-17-24)39-31(44)28-27-25(36(27,6)7)22-42(28)33(46)30(35(3,4)5)40-34(47)41-37(23-48(8)10-2)18-13-12-14-19-37/h9-10,24-28,30H,1,11-23H2,2-8H3,(H,38,45)(H,39,44)(H2,40,41,47)/t25?,26?,27?,28-,30+,48?/m0/s1. The van der Waals surface area contributed by atoms with Crippen LogP contribution in [0.3, 0.4) is 0 Å². The van der Waals surface area contributed by atoms with E-state index in [-0.39, 0.29) is 51.1 Å². The molecular formula is C37H61N5O5S. The largest absolute Gasteiger partial charge is 0.349 e. The number of carbonyl (C=O) groups is 5. The van der Waals surface area contributed by atoms with Gasteiger partial charge in [0.25, 0.3) is 5.91 Å². The van der Waals surface area contributed by atoms with Gasteiger partial charge >= 0.3 is 6.03 Å². The van der Waals surface area contributed by atoms with Crippen molar-refractivity contribution in [3.8, 4) is 0 Å². The molecule has 4 fully saturated rings. The van der Waals surface area contributed by atoms with Crippen LogP contribution in [0.15, 0.2) is 12.7 Å². The second kappa shape index (κ2) is 15.5. The summed E-state index contributed by atoms with van der Waals surface area (Å²) >= 11 is 0. The Labute approximate surface area is 290 Å². The van der Waals surface area contributed by atoms with Crippen LogP contribution in [0.2, 0.25) is 0 Å². The van der Waals surface area contributed by atoms with Gasteiger partial charge in [0, 0.05) is 18.8 Å². The summed E-state index contributed by atoms with van der Waals surface area (Å²) in [5, 5.41) is 14.2. The summed E-state index contributed by atoms with van der Waals surface area (Å²) in [6.07, 6.45) is 12.9. The number of ketones is 1. The summed E-state index contributed by atoms with van der Waals surface area (Å²) in [4.78, 5) is 70.2. The summed E-state index contributed by atoms with van der Waals surface area (Å²) in [5.41, 5.74) is -1.08. The van der Waals surface area contributed by atoms with Crippen molar-refractivity contribution in [2.24, 2.45) is 28.6 Å². The summed E-state index contributed by atoms with van der Waals surface area (Å²) in [6, 6.07) is -2.96. The molecule has 4 unspecified atom stereocenters. The predicted molar refractivity (Wildman–Crippen MR) is 194 cm³/mol. The zero-order chi connectivity index (χ0) is 35.4. The van der Waals surface area contributed by atoms with Gasteiger partial charge in [-0.15, -0.1) is 6.58 Å². The van der Waals surface area contributed by atoms with Crippen LogP contribution in [-0.2, 0) is 19.2 Å².